The van der Waals surface area contributed by atoms with E-state index in [4.69, 9.17) is 21.3 Å². The van der Waals surface area contributed by atoms with Crippen molar-refractivity contribution in [2.45, 2.75) is 139 Å². The SMILES string of the molecule is CCNC(=O)C[C@@H]1N=C(C2CCC(Cl)CC2)C2CC(OCCCNC(=O)C3CCCC(O)C3O)CCC2N2C(C)NNC12. The standard InChI is InChI=1S/C31H53ClN6O5/c1-3-33-27(40)17-24-30-37-36-18(2)38(30)25-13-12-21(16-23(25)28(35-24)19-8-10-20(32)11-9-19)43-15-5-14-34-31(42)22-6-4-7-26(39)29(22)41/h18-26,29-30,36-37,39,41H,3-17H2,1-2H3,(H,33,40)(H,34,42)/t18?,19?,20?,21?,22?,23?,24-,25?,26?,29?,30?/m0/s1. The molecule has 0 bridgehead atoms. The molecule has 8 unspecified atom stereocenters. The van der Waals surface area contributed by atoms with E-state index < -0.39 is 18.1 Å². The highest BCUT2D eigenvalue weighted by molar-refractivity contribution is 6.20. The van der Waals surface area contributed by atoms with Crippen LogP contribution in [0.1, 0.15) is 90.9 Å². The van der Waals surface area contributed by atoms with Crippen LogP contribution < -0.4 is 21.5 Å². The summed E-state index contributed by atoms with van der Waals surface area (Å²) in [7, 11) is 0. The van der Waals surface area contributed by atoms with Crippen LogP contribution in [0.25, 0.3) is 0 Å². The molecule has 5 aliphatic rings. The predicted octanol–water partition coefficient (Wildman–Crippen LogP) is 1.80. The van der Waals surface area contributed by atoms with Gasteiger partial charge in [0, 0.05) is 42.7 Å². The fourth-order valence-electron chi connectivity index (χ4n) is 8.17. The lowest BCUT2D eigenvalue weighted by atomic mass is 9.72. The van der Waals surface area contributed by atoms with Crippen molar-refractivity contribution in [3.63, 3.8) is 0 Å². The monoisotopic (exact) mass is 624 g/mol. The molecule has 43 heavy (non-hydrogen) atoms. The summed E-state index contributed by atoms with van der Waals surface area (Å²) in [6, 6.07) is 0.135. The predicted molar refractivity (Wildman–Crippen MR) is 165 cm³/mol. The summed E-state index contributed by atoms with van der Waals surface area (Å²) in [5.41, 5.74) is 8.16. The highest BCUT2D eigenvalue weighted by Crippen LogP contribution is 2.42. The number of ether oxygens (including phenoxy) is 1. The number of carbonyl (C=O) groups excluding carboxylic acids is 2. The normalized spacial score (nSPS) is 40.1. The minimum absolute atomic E-state index is 0.0358. The van der Waals surface area contributed by atoms with E-state index in [1.807, 2.05) is 6.92 Å². The number of alkyl halides is 1. The van der Waals surface area contributed by atoms with Gasteiger partial charge in [-0.1, -0.05) is 0 Å². The third-order valence-electron chi connectivity index (χ3n) is 10.4. The third-order valence-corrected chi connectivity index (χ3v) is 10.8. The number of halogens is 1. The minimum Gasteiger partial charge on any atom is -0.390 e. The number of rotatable bonds is 10. The van der Waals surface area contributed by atoms with Crippen molar-refractivity contribution >= 4 is 29.1 Å². The van der Waals surface area contributed by atoms with Crippen LogP contribution in [0.2, 0.25) is 0 Å². The number of aliphatic imine (C=N–C) groups is 1. The van der Waals surface area contributed by atoms with Crippen LogP contribution in [0.4, 0.5) is 0 Å². The summed E-state index contributed by atoms with van der Waals surface area (Å²) in [6.45, 7) is 5.77. The van der Waals surface area contributed by atoms with Crippen LogP contribution in [-0.4, -0.2) is 100 Å². The van der Waals surface area contributed by atoms with E-state index in [2.05, 4.69) is 33.3 Å². The van der Waals surface area contributed by atoms with Gasteiger partial charge < -0.3 is 25.6 Å². The average Bonchev–Trinajstić information content (AvgIpc) is 3.31. The molecule has 244 valence electrons. The van der Waals surface area contributed by atoms with Crippen molar-refractivity contribution in [1.29, 1.82) is 0 Å². The number of aliphatic hydroxyl groups excluding tert-OH is 2. The number of nitrogens with zero attached hydrogens (tertiary/aromatic N) is 2. The average molecular weight is 625 g/mol. The summed E-state index contributed by atoms with van der Waals surface area (Å²) in [5.74, 6) is -0.0601. The maximum atomic E-state index is 12.8. The van der Waals surface area contributed by atoms with Crippen molar-refractivity contribution in [2.24, 2.45) is 22.7 Å². The molecular weight excluding hydrogens is 572 g/mol. The maximum absolute atomic E-state index is 12.8. The first-order valence-electron chi connectivity index (χ1n) is 16.8. The van der Waals surface area contributed by atoms with Gasteiger partial charge in [0.15, 0.2) is 0 Å². The van der Waals surface area contributed by atoms with Gasteiger partial charge in [0.2, 0.25) is 11.8 Å². The van der Waals surface area contributed by atoms with Gasteiger partial charge in [-0.2, -0.15) is 0 Å². The van der Waals surface area contributed by atoms with Crippen molar-refractivity contribution in [1.82, 2.24) is 26.4 Å². The first-order chi connectivity index (χ1) is 20.8. The Morgan fingerprint density at radius 2 is 1.86 bits per heavy atom. The summed E-state index contributed by atoms with van der Waals surface area (Å²) in [5, 5.41) is 26.2. The van der Waals surface area contributed by atoms with Crippen LogP contribution in [0.15, 0.2) is 4.99 Å². The summed E-state index contributed by atoms with van der Waals surface area (Å²) < 4.78 is 6.42. The Hall–Kier alpha value is -1.34. The van der Waals surface area contributed by atoms with E-state index in [0.29, 0.717) is 57.3 Å². The Balaban J connectivity index is 1.23. The van der Waals surface area contributed by atoms with Crippen LogP contribution >= 0.6 is 11.6 Å². The van der Waals surface area contributed by atoms with Crippen LogP contribution in [0, 0.1) is 17.8 Å². The number of nitrogens with one attached hydrogen (secondary N) is 4. The van der Waals surface area contributed by atoms with E-state index in [0.717, 1.165) is 51.4 Å². The van der Waals surface area contributed by atoms with Gasteiger partial charge in [-0.15, -0.1) is 11.6 Å². The first-order valence-corrected chi connectivity index (χ1v) is 17.2. The van der Waals surface area contributed by atoms with Gasteiger partial charge in [0.1, 0.15) is 0 Å². The zero-order valence-electron chi connectivity index (χ0n) is 25.8. The number of hydrogen-bond acceptors (Lipinski definition) is 9. The molecule has 4 fully saturated rings. The second-order valence-corrected chi connectivity index (χ2v) is 13.9. The zero-order chi connectivity index (χ0) is 30.5. The number of fused-ring (bicyclic) bond motifs is 3. The van der Waals surface area contributed by atoms with E-state index in [1.54, 1.807) is 0 Å². The lowest BCUT2D eigenvalue weighted by molar-refractivity contribution is -0.135. The second-order valence-electron chi connectivity index (χ2n) is 13.3. The molecule has 0 spiro atoms. The Labute approximate surface area is 261 Å². The number of hydrazine groups is 1. The van der Waals surface area contributed by atoms with Crippen LogP contribution in [0.5, 0.6) is 0 Å². The number of hydrogen-bond donors (Lipinski definition) is 6. The summed E-state index contributed by atoms with van der Waals surface area (Å²) in [6.07, 6.45) is 8.24. The molecule has 3 aliphatic carbocycles. The molecule has 0 aromatic carbocycles. The Bertz CT molecular complexity index is 980. The molecule has 0 radical (unpaired) electrons. The van der Waals surface area contributed by atoms with E-state index in [1.165, 1.54) is 5.71 Å². The number of aliphatic hydroxyl groups is 2. The Morgan fingerprint density at radius 3 is 2.63 bits per heavy atom. The second kappa shape index (κ2) is 15.3. The zero-order valence-corrected chi connectivity index (χ0v) is 26.6. The van der Waals surface area contributed by atoms with Gasteiger partial charge in [-0.3, -0.25) is 19.5 Å². The summed E-state index contributed by atoms with van der Waals surface area (Å²) in [4.78, 5) is 33.3. The molecule has 5 rings (SSSR count). The van der Waals surface area contributed by atoms with Crippen molar-refractivity contribution in [3.8, 4) is 0 Å². The van der Waals surface area contributed by atoms with Gasteiger partial charge in [0.25, 0.3) is 0 Å². The Morgan fingerprint density at radius 1 is 1.07 bits per heavy atom. The molecular formula is C31H53ClN6O5. The molecule has 2 heterocycles. The molecule has 9 atom stereocenters. The maximum Gasteiger partial charge on any atom is 0.225 e. The number of amides is 2. The smallest absolute Gasteiger partial charge is 0.225 e. The van der Waals surface area contributed by atoms with Gasteiger partial charge in [-0.05, 0) is 90.4 Å². The van der Waals surface area contributed by atoms with Crippen LogP contribution in [-0.2, 0) is 14.3 Å². The summed E-state index contributed by atoms with van der Waals surface area (Å²) >= 11 is 6.51. The third kappa shape index (κ3) is 7.91. The molecule has 12 heteroatoms. The van der Waals surface area contributed by atoms with Crippen molar-refractivity contribution in [2.75, 3.05) is 19.7 Å². The minimum atomic E-state index is -0.987. The lowest BCUT2D eigenvalue weighted by Crippen LogP contribution is -2.55. The van der Waals surface area contributed by atoms with Crippen molar-refractivity contribution < 1.29 is 24.5 Å². The van der Waals surface area contributed by atoms with Crippen molar-refractivity contribution in [3.05, 3.63) is 0 Å². The van der Waals surface area contributed by atoms with E-state index >= 15 is 0 Å². The molecule has 1 saturated heterocycles. The quantitative estimate of drug-likeness (QED) is 0.159. The largest absolute Gasteiger partial charge is 0.390 e. The highest BCUT2D eigenvalue weighted by Gasteiger charge is 2.50. The lowest BCUT2D eigenvalue weighted by Gasteiger charge is -2.44. The first kappa shape index (κ1) is 33.0. The molecule has 0 aromatic rings. The van der Waals surface area contributed by atoms with Gasteiger partial charge >= 0.3 is 0 Å². The molecule has 0 aromatic heterocycles. The Kier molecular flexibility index (Phi) is 11.8. The fraction of sp³-hybridized carbons (Fsp3) is 0.903. The van der Waals surface area contributed by atoms with Gasteiger partial charge in [0.05, 0.1) is 49.0 Å². The highest BCUT2D eigenvalue weighted by atomic mass is 35.5. The molecule has 6 N–H and O–H groups in total. The fourth-order valence-corrected chi connectivity index (χ4v) is 8.42. The molecule has 3 saturated carbocycles. The van der Waals surface area contributed by atoms with E-state index in [9.17, 15) is 19.8 Å². The van der Waals surface area contributed by atoms with Crippen LogP contribution in [0.3, 0.4) is 0 Å². The molecule has 11 nitrogen and oxygen atoms in total. The molecule has 2 amide bonds. The van der Waals surface area contributed by atoms with E-state index in [-0.39, 0.29) is 47.6 Å². The van der Waals surface area contributed by atoms with Gasteiger partial charge in [-0.25, -0.2) is 10.9 Å². The molecule has 2 aliphatic heterocycles. The topological polar surface area (TPSA) is 148 Å². The number of carbonyl (C=O) groups is 2.